The highest BCUT2D eigenvalue weighted by molar-refractivity contribution is 5.81. The molecule has 1 saturated carbocycles. The summed E-state index contributed by atoms with van der Waals surface area (Å²) in [5.41, 5.74) is -0.816. The van der Waals surface area contributed by atoms with Crippen molar-refractivity contribution >= 4 is 5.91 Å². The molecule has 1 aliphatic rings. The van der Waals surface area contributed by atoms with E-state index >= 15 is 0 Å². The molecule has 0 bridgehead atoms. The Morgan fingerprint density at radius 1 is 1.33 bits per heavy atom. The molecule has 0 radical (unpaired) electrons. The zero-order chi connectivity index (χ0) is 16.1. The van der Waals surface area contributed by atoms with Gasteiger partial charge in [-0.05, 0) is 58.8 Å². The third kappa shape index (κ3) is 5.95. The highest BCUT2D eigenvalue weighted by Gasteiger charge is 2.33. The first-order valence-electron chi connectivity index (χ1n) is 8.49. The van der Waals surface area contributed by atoms with Gasteiger partial charge in [-0.15, -0.1) is 0 Å². The van der Waals surface area contributed by atoms with Gasteiger partial charge in [-0.25, -0.2) is 0 Å². The molecule has 3 N–H and O–H groups in total. The summed E-state index contributed by atoms with van der Waals surface area (Å²) in [6.45, 7) is 10.7. The van der Waals surface area contributed by atoms with E-state index in [9.17, 15) is 9.90 Å². The van der Waals surface area contributed by atoms with E-state index in [0.717, 1.165) is 38.0 Å². The quantitative estimate of drug-likeness (QED) is 0.677. The zero-order valence-corrected chi connectivity index (χ0v) is 14.5. The van der Waals surface area contributed by atoms with E-state index in [4.69, 9.17) is 0 Å². The molecule has 1 aliphatic carbocycles. The molecule has 0 heterocycles. The van der Waals surface area contributed by atoms with Gasteiger partial charge in [0.15, 0.2) is 0 Å². The molecule has 1 amide bonds. The van der Waals surface area contributed by atoms with Gasteiger partial charge in [-0.3, -0.25) is 4.79 Å². The van der Waals surface area contributed by atoms with E-state index in [0.29, 0.717) is 6.54 Å². The lowest BCUT2D eigenvalue weighted by Crippen LogP contribution is -2.54. The number of hydrogen-bond acceptors (Lipinski definition) is 3. The molecular formula is C17H34N2O2. The first-order valence-corrected chi connectivity index (χ1v) is 8.49. The van der Waals surface area contributed by atoms with E-state index in [1.54, 1.807) is 0 Å². The van der Waals surface area contributed by atoms with Crippen LogP contribution in [0.5, 0.6) is 0 Å². The van der Waals surface area contributed by atoms with Crippen molar-refractivity contribution in [1.29, 1.82) is 0 Å². The molecule has 4 heteroatoms. The standard InChI is InChI=1S/C17H34N2O2/c1-6-14-8-10-17(21,11-9-14)12-18-13(3)15(20)19-16(4,5)7-2/h13-14,18,21H,6-12H2,1-5H3,(H,19,20). The van der Waals surface area contributed by atoms with Crippen LogP contribution in [-0.4, -0.2) is 34.7 Å². The number of rotatable bonds is 7. The molecule has 1 unspecified atom stereocenters. The van der Waals surface area contributed by atoms with Crippen molar-refractivity contribution < 1.29 is 9.90 Å². The topological polar surface area (TPSA) is 61.4 Å². The van der Waals surface area contributed by atoms with E-state index in [1.165, 1.54) is 6.42 Å². The van der Waals surface area contributed by atoms with E-state index in [-0.39, 0.29) is 17.5 Å². The van der Waals surface area contributed by atoms with Crippen LogP contribution >= 0.6 is 0 Å². The number of amides is 1. The Kier molecular flexibility index (Phi) is 6.67. The lowest BCUT2D eigenvalue weighted by atomic mass is 9.78. The van der Waals surface area contributed by atoms with Gasteiger partial charge in [0, 0.05) is 12.1 Å². The maximum absolute atomic E-state index is 12.1. The molecule has 4 nitrogen and oxygen atoms in total. The predicted molar refractivity (Wildman–Crippen MR) is 87.2 cm³/mol. The van der Waals surface area contributed by atoms with Gasteiger partial charge in [-0.1, -0.05) is 20.3 Å². The molecule has 21 heavy (non-hydrogen) atoms. The zero-order valence-electron chi connectivity index (χ0n) is 14.5. The molecule has 0 saturated heterocycles. The van der Waals surface area contributed by atoms with Crippen molar-refractivity contribution in [2.75, 3.05) is 6.54 Å². The van der Waals surface area contributed by atoms with Crippen LogP contribution in [0.25, 0.3) is 0 Å². The summed E-state index contributed by atoms with van der Waals surface area (Å²) in [7, 11) is 0. The minimum atomic E-state index is -0.638. The number of hydrogen-bond donors (Lipinski definition) is 3. The largest absolute Gasteiger partial charge is 0.389 e. The molecule has 0 aromatic heterocycles. The fourth-order valence-corrected chi connectivity index (χ4v) is 2.77. The summed E-state index contributed by atoms with van der Waals surface area (Å²) in [5.74, 6) is 0.768. The summed E-state index contributed by atoms with van der Waals surface area (Å²) in [5, 5.41) is 16.8. The molecule has 1 fully saturated rings. The lowest BCUT2D eigenvalue weighted by Gasteiger charge is -2.37. The van der Waals surface area contributed by atoms with Crippen molar-refractivity contribution in [2.45, 2.75) is 90.3 Å². The van der Waals surface area contributed by atoms with Gasteiger partial charge in [0.1, 0.15) is 0 Å². The third-order valence-corrected chi connectivity index (χ3v) is 5.09. The SMILES string of the molecule is CCC1CCC(O)(CNC(C)C(=O)NC(C)(C)CC)CC1. The maximum Gasteiger partial charge on any atom is 0.237 e. The van der Waals surface area contributed by atoms with Gasteiger partial charge in [-0.2, -0.15) is 0 Å². The van der Waals surface area contributed by atoms with Crippen molar-refractivity contribution in [3.05, 3.63) is 0 Å². The van der Waals surface area contributed by atoms with Gasteiger partial charge < -0.3 is 15.7 Å². The molecule has 1 atom stereocenters. The molecular weight excluding hydrogens is 264 g/mol. The smallest absolute Gasteiger partial charge is 0.237 e. The second kappa shape index (κ2) is 7.59. The van der Waals surface area contributed by atoms with Crippen LogP contribution in [0.4, 0.5) is 0 Å². The number of nitrogens with one attached hydrogen (secondary N) is 2. The number of aliphatic hydroxyl groups is 1. The molecule has 124 valence electrons. The highest BCUT2D eigenvalue weighted by atomic mass is 16.3. The van der Waals surface area contributed by atoms with Crippen LogP contribution in [0, 0.1) is 5.92 Å². The second-order valence-electron chi connectivity index (χ2n) is 7.41. The van der Waals surface area contributed by atoms with E-state index < -0.39 is 5.60 Å². The molecule has 0 spiro atoms. The molecule has 0 aliphatic heterocycles. The van der Waals surface area contributed by atoms with Crippen LogP contribution in [-0.2, 0) is 4.79 Å². The van der Waals surface area contributed by atoms with Crippen LogP contribution < -0.4 is 10.6 Å². The van der Waals surface area contributed by atoms with Crippen molar-refractivity contribution in [3.63, 3.8) is 0 Å². The van der Waals surface area contributed by atoms with E-state index in [2.05, 4.69) is 24.5 Å². The Morgan fingerprint density at radius 3 is 2.38 bits per heavy atom. The van der Waals surface area contributed by atoms with Crippen LogP contribution in [0.3, 0.4) is 0 Å². The Hall–Kier alpha value is -0.610. The van der Waals surface area contributed by atoms with Gasteiger partial charge in [0.05, 0.1) is 11.6 Å². The number of carbonyl (C=O) groups is 1. The summed E-state index contributed by atoms with van der Waals surface area (Å²) in [4.78, 5) is 12.1. The Bertz CT molecular complexity index is 334. The average molecular weight is 298 g/mol. The minimum Gasteiger partial charge on any atom is -0.389 e. The van der Waals surface area contributed by atoms with Crippen molar-refractivity contribution in [3.8, 4) is 0 Å². The third-order valence-electron chi connectivity index (χ3n) is 5.09. The molecule has 0 aromatic carbocycles. The first kappa shape index (κ1) is 18.4. The number of carbonyl (C=O) groups excluding carboxylic acids is 1. The van der Waals surface area contributed by atoms with Gasteiger partial charge >= 0.3 is 0 Å². The summed E-state index contributed by atoms with van der Waals surface area (Å²) < 4.78 is 0. The van der Waals surface area contributed by atoms with Crippen LogP contribution in [0.2, 0.25) is 0 Å². The van der Waals surface area contributed by atoms with Gasteiger partial charge in [0.2, 0.25) is 5.91 Å². The Balaban J connectivity index is 2.38. The first-order chi connectivity index (χ1) is 9.71. The minimum absolute atomic E-state index is 0.00712. The van der Waals surface area contributed by atoms with Crippen LogP contribution in [0.15, 0.2) is 0 Å². The fourth-order valence-electron chi connectivity index (χ4n) is 2.77. The normalized spacial score (nSPS) is 28.2. The summed E-state index contributed by atoms with van der Waals surface area (Å²) >= 11 is 0. The monoisotopic (exact) mass is 298 g/mol. The van der Waals surface area contributed by atoms with E-state index in [1.807, 2.05) is 20.8 Å². The molecule has 1 rings (SSSR count). The van der Waals surface area contributed by atoms with Gasteiger partial charge in [0.25, 0.3) is 0 Å². The fraction of sp³-hybridized carbons (Fsp3) is 0.941. The second-order valence-corrected chi connectivity index (χ2v) is 7.41. The Morgan fingerprint density at radius 2 is 1.90 bits per heavy atom. The lowest BCUT2D eigenvalue weighted by molar-refractivity contribution is -0.124. The highest BCUT2D eigenvalue weighted by Crippen LogP contribution is 2.33. The Labute approximate surface area is 130 Å². The maximum atomic E-state index is 12.1. The molecule has 0 aromatic rings. The van der Waals surface area contributed by atoms with Crippen LogP contribution in [0.1, 0.15) is 73.1 Å². The summed E-state index contributed by atoms with van der Waals surface area (Å²) in [6, 6.07) is -0.274. The summed E-state index contributed by atoms with van der Waals surface area (Å²) in [6.07, 6.45) is 5.97. The average Bonchev–Trinajstić information content (AvgIpc) is 2.45. The van der Waals surface area contributed by atoms with Crippen molar-refractivity contribution in [1.82, 2.24) is 10.6 Å². The van der Waals surface area contributed by atoms with Crippen molar-refractivity contribution in [2.24, 2.45) is 5.92 Å². The predicted octanol–water partition coefficient (Wildman–Crippen LogP) is 2.60.